The summed E-state index contributed by atoms with van der Waals surface area (Å²) in [6.07, 6.45) is 2.24. The van der Waals surface area contributed by atoms with E-state index in [1.165, 1.54) is 17.4 Å². The number of hydrogen-bond acceptors (Lipinski definition) is 4. The molecule has 0 bridgehead atoms. The van der Waals surface area contributed by atoms with E-state index in [0.717, 1.165) is 17.7 Å². The average Bonchev–Trinajstić information content (AvgIpc) is 2.90. The molecular formula is C14H27IN4O2S2. The Morgan fingerprint density at radius 1 is 1.30 bits per heavy atom. The second-order valence-electron chi connectivity index (χ2n) is 5.71. The summed E-state index contributed by atoms with van der Waals surface area (Å²) in [6.45, 7) is 7.05. The van der Waals surface area contributed by atoms with Crippen LogP contribution in [0.5, 0.6) is 0 Å². The molecule has 0 aliphatic carbocycles. The highest BCUT2D eigenvalue weighted by molar-refractivity contribution is 14.0. The molecule has 0 saturated heterocycles. The van der Waals surface area contributed by atoms with E-state index in [9.17, 15) is 8.42 Å². The van der Waals surface area contributed by atoms with E-state index in [1.54, 1.807) is 13.1 Å². The number of sulfonamides is 1. The van der Waals surface area contributed by atoms with Crippen LogP contribution in [0.25, 0.3) is 0 Å². The highest BCUT2D eigenvalue weighted by atomic mass is 127. The van der Waals surface area contributed by atoms with E-state index < -0.39 is 10.0 Å². The van der Waals surface area contributed by atoms with Crippen LogP contribution in [0.4, 0.5) is 0 Å². The van der Waals surface area contributed by atoms with Gasteiger partial charge < -0.3 is 10.6 Å². The number of nitrogens with one attached hydrogen (secondary N) is 2. The number of halogens is 1. The van der Waals surface area contributed by atoms with Crippen LogP contribution in [0, 0.1) is 5.92 Å². The van der Waals surface area contributed by atoms with Crippen LogP contribution in [0.3, 0.4) is 0 Å². The van der Waals surface area contributed by atoms with E-state index in [1.807, 2.05) is 0 Å². The molecule has 4 N–H and O–H groups in total. The van der Waals surface area contributed by atoms with Gasteiger partial charge in [0.15, 0.2) is 5.96 Å². The lowest BCUT2D eigenvalue weighted by Crippen LogP contribution is -2.41. The van der Waals surface area contributed by atoms with Crippen LogP contribution in [0.15, 0.2) is 21.3 Å². The highest BCUT2D eigenvalue weighted by Crippen LogP contribution is 2.19. The number of primary sulfonamides is 1. The molecule has 6 nitrogen and oxygen atoms in total. The number of nitrogens with zero attached hydrogens (tertiary/aromatic N) is 1. The molecule has 0 aliphatic heterocycles. The number of guanidine groups is 1. The average molecular weight is 474 g/mol. The topological polar surface area (TPSA) is 96.6 Å². The Kier molecular flexibility index (Phi) is 10.3. The minimum absolute atomic E-state index is 0. The normalized spacial score (nSPS) is 13.6. The van der Waals surface area contributed by atoms with Gasteiger partial charge in [0.1, 0.15) is 4.21 Å². The number of thiophene rings is 1. The maximum Gasteiger partial charge on any atom is 0.247 e. The van der Waals surface area contributed by atoms with Crippen LogP contribution in [-0.4, -0.2) is 27.5 Å². The van der Waals surface area contributed by atoms with Gasteiger partial charge in [-0.3, -0.25) is 4.99 Å². The predicted molar refractivity (Wildman–Crippen MR) is 108 cm³/mol. The van der Waals surface area contributed by atoms with Gasteiger partial charge in [0.05, 0.1) is 6.54 Å². The number of nitrogens with two attached hydrogens (primary N) is 1. The van der Waals surface area contributed by atoms with E-state index >= 15 is 0 Å². The third kappa shape index (κ3) is 8.87. The monoisotopic (exact) mass is 474 g/mol. The fourth-order valence-corrected chi connectivity index (χ4v) is 3.58. The minimum atomic E-state index is -3.62. The highest BCUT2D eigenvalue weighted by Gasteiger charge is 2.12. The van der Waals surface area contributed by atoms with Crippen molar-refractivity contribution < 1.29 is 8.42 Å². The summed E-state index contributed by atoms with van der Waals surface area (Å²) in [6, 6.07) is 3.61. The fourth-order valence-electron chi connectivity index (χ4n) is 1.86. The lowest BCUT2D eigenvalue weighted by atomic mass is 10.0. The summed E-state index contributed by atoms with van der Waals surface area (Å²) >= 11 is 1.17. The first-order valence-corrected chi connectivity index (χ1v) is 9.67. The molecule has 1 aromatic heterocycles. The molecule has 1 atom stereocenters. The van der Waals surface area contributed by atoms with E-state index in [0.29, 0.717) is 24.5 Å². The van der Waals surface area contributed by atoms with Gasteiger partial charge in [0.2, 0.25) is 10.0 Å². The molecule has 1 aromatic rings. The summed E-state index contributed by atoms with van der Waals surface area (Å²) in [4.78, 5) is 5.07. The van der Waals surface area contributed by atoms with Gasteiger partial charge in [0.25, 0.3) is 0 Å². The van der Waals surface area contributed by atoms with Crippen molar-refractivity contribution in [1.29, 1.82) is 0 Å². The van der Waals surface area contributed by atoms with Crippen LogP contribution in [0.2, 0.25) is 0 Å². The Morgan fingerprint density at radius 3 is 2.43 bits per heavy atom. The van der Waals surface area contributed by atoms with Gasteiger partial charge in [-0.15, -0.1) is 35.3 Å². The molecule has 0 spiro atoms. The van der Waals surface area contributed by atoms with Gasteiger partial charge in [-0.2, -0.15) is 0 Å². The number of aliphatic imine (C=N–C) groups is 1. The van der Waals surface area contributed by atoms with Crippen molar-refractivity contribution in [3.05, 3.63) is 17.0 Å². The first-order chi connectivity index (χ1) is 10.2. The Morgan fingerprint density at radius 2 is 1.96 bits per heavy atom. The van der Waals surface area contributed by atoms with E-state index in [2.05, 4.69) is 36.4 Å². The lowest BCUT2D eigenvalue weighted by molar-refractivity contribution is 0.489. The summed E-state index contributed by atoms with van der Waals surface area (Å²) < 4.78 is 22.7. The van der Waals surface area contributed by atoms with Gasteiger partial charge in [0, 0.05) is 18.0 Å². The molecule has 134 valence electrons. The standard InChI is InChI=1S/C14H26N4O2S2.HI/c1-10(2)5-6-11(3)18-14(16-4)17-9-12-7-8-13(21-12)22(15,19)20;/h7-8,10-11H,5-6,9H2,1-4H3,(H2,15,19,20)(H2,16,17,18);1H. The maximum absolute atomic E-state index is 11.2. The zero-order valence-electron chi connectivity index (χ0n) is 14.0. The smallest absolute Gasteiger partial charge is 0.247 e. The SMILES string of the molecule is CN=C(NCc1ccc(S(N)(=O)=O)s1)NC(C)CCC(C)C.I. The Bertz CT molecular complexity index is 600. The molecular weight excluding hydrogens is 447 g/mol. The minimum Gasteiger partial charge on any atom is -0.354 e. The Hall–Kier alpha value is -0.390. The van der Waals surface area contributed by atoms with Crippen molar-refractivity contribution in [2.24, 2.45) is 16.0 Å². The molecule has 0 radical (unpaired) electrons. The van der Waals surface area contributed by atoms with Crippen molar-refractivity contribution in [2.75, 3.05) is 7.05 Å². The zero-order valence-corrected chi connectivity index (χ0v) is 18.0. The number of rotatable bonds is 7. The maximum atomic E-state index is 11.2. The first kappa shape index (κ1) is 22.6. The summed E-state index contributed by atoms with van der Waals surface area (Å²) in [5.41, 5.74) is 0. The van der Waals surface area contributed by atoms with Gasteiger partial charge in [-0.25, -0.2) is 13.6 Å². The molecule has 0 aromatic carbocycles. The molecule has 1 unspecified atom stereocenters. The van der Waals surface area contributed by atoms with Crippen molar-refractivity contribution in [3.63, 3.8) is 0 Å². The Labute approximate surface area is 160 Å². The van der Waals surface area contributed by atoms with Crippen molar-refractivity contribution in [1.82, 2.24) is 10.6 Å². The zero-order chi connectivity index (χ0) is 16.8. The molecule has 0 amide bonds. The predicted octanol–water partition coefficient (Wildman–Crippen LogP) is 2.50. The third-order valence-electron chi connectivity index (χ3n) is 3.13. The van der Waals surface area contributed by atoms with Gasteiger partial charge in [-0.1, -0.05) is 13.8 Å². The van der Waals surface area contributed by atoms with Crippen molar-refractivity contribution in [3.8, 4) is 0 Å². The van der Waals surface area contributed by atoms with Crippen LogP contribution in [-0.2, 0) is 16.6 Å². The second kappa shape index (κ2) is 10.5. The summed E-state index contributed by atoms with van der Waals surface area (Å²) in [5, 5.41) is 11.6. The van der Waals surface area contributed by atoms with Crippen LogP contribution in [0.1, 0.15) is 38.5 Å². The van der Waals surface area contributed by atoms with Crippen LogP contribution >= 0.6 is 35.3 Å². The fraction of sp³-hybridized carbons (Fsp3) is 0.643. The molecule has 0 aliphatic rings. The number of hydrogen-bond donors (Lipinski definition) is 3. The van der Waals surface area contributed by atoms with Crippen molar-refractivity contribution >= 4 is 51.3 Å². The molecule has 9 heteroatoms. The largest absolute Gasteiger partial charge is 0.354 e. The summed E-state index contributed by atoms with van der Waals surface area (Å²) in [7, 11) is -1.90. The van der Waals surface area contributed by atoms with Crippen molar-refractivity contribution in [2.45, 2.75) is 50.4 Å². The third-order valence-corrected chi connectivity index (χ3v) is 5.65. The quantitative estimate of drug-likeness (QED) is 0.322. The molecule has 1 rings (SSSR count). The van der Waals surface area contributed by atoms with Crippen LogP contribution < -0.4 is 15.8 Å². The van der Waals surface area contributed by atoms with E-state index in [4.69, 9.17) is 5.14 Å². The van der Waals surface area contributed by atoms with E-state index in [-0.39, 0.29) is 28.2 Å². The van der Waals surface area contributed by atoms with Gasteiger partial charge >= 0.3 is 0 Å². The molecule has 1 heterocycles. The van der Waals surface area contributed by atoms with Gasteiger partial charge in [-0.05, 0) is 37.8 Å². The Balaban J connectivity index is 0.00000484. The lowest BCUT2D eigenvalue weighted by Gasteiger charge is -2.18. The molecule has 0 fully saturated rings. The first-order valence-electron chi connectivity index (χ1n) is 7.31. The molecule has 0 saturated carbocycles. The molecule has 23 heavy (non-hydrogen) atoms. The summed E-state index contributed by atoms with van der Waals surface area (Å²) in [5.74, 6) is 1.39. The second-order valence-corrected chi connectivity index (χ2v) is 8.66.